The molecular weight excluding hydrogens is 399 g/mol. The summed E-state index contributed by atoms with van der Waals surface area (Å²) in [6.45, 7) is 0.0682. The number of benzene rings is 1. The molecule has 2 heterocycles. The number of hydrogen-bond donors (Lipinski definition) is 1. The molecule has 0 saturated heterocycles. The topological polar surface area (TPSA) is 94.0 Å². The van der Waals surface area contributed by atoms with Crippen LogP contribution in [-0.2, 0) is 16.6 Å². The molecule has 0 atom stereocenters. The summed E-state index contributed by atoms with van der Waals surface area (Å²) >= 11 is 11.6. The first kappa shape index (κ1) is 18.5. The predicted octanol–water partition coefficient (Wildman–Crippen LogP) is 2.41. The zero-order valence-corrected chi connectivity index (χ0v) is 15.5. The van der Waals surface area contributed by atoms with Crippen molar-refractivity contribution in [3.8, 4) is 5.69 Å². The minimum Gasteiger partial charge on any atom is -0.266 e. The van der Waals surface area contributed by atoms with Gasteiger partial charge in [-0.1, -0.05) is 29.3 Å². The van der Waals surface area contributed by atoms with E-state index in [2.05, 4.69) is 14.8 Å². The van der Waals surface area contributed by atoms with Crippen LogP contribution < -0.4 is 10.3 Å². The van der Waals surface area contributed by atoms with E-state index in [1.165, 1.54) is 30.5 Å². The van der Waals surface area contributed by atoms with E-state index in [9.17, 15) is 13.2 Å². The third-order valence-electron chi connectivity index (χ3n) is 3.44. The second-order valence-corrected chi connectivity index (χ2v) is 7.72. The largest absolute Gasteiger partial charge is 0.291 e. The van der Waals surface area contributed by atoms with Crippen LogP contribution in [0.15, 0.2) is 64.5 Å². The molecule has 1 N–H and O–H groups in total. The summed E-state index contributed by atoms with van der Waals surface area (Å²) in [7, 11) is -3.73. The lowest BCUT2D eigenvalue weighted by Crippen LogP contribution is -2.24. The fourth-order valence-corrected chi connectivity index (χ4v) is 3.37. The van der Waals surface area contributed by atoms with E-state index < -0.39 is 15.6 Å². The van der Waals surface area contributed by atoms with Gasteiger partial charge >= 0.3 is 0 Å². The third-order valence-corrected chi connectivity index (χ3v) is 5.60. The molecule has 2 aromatic heterocycles. The van der Waals surface area contributed by atoms with Crippen LogP contribution in [0.3, 0.4) is 0 Å². The Balaban J connectivity index is 1.83. The standard InChI is InChI=1S/C16H12Cl2N4O3S/c17-14-10-20-22(16(23)15(14)18)12-4-6-13(7-5-12)26(24,25)21-9-11-3-1-2-8-19-11/h1-8,10,21H,9H2. The molecule has 26 heavy (non-hydrogen) atoms. The molecule has 0 bridgehead atoms. The number of halogens is 2. The van der Waals surface area contributed by atoms with Crippen LogP contribution in [0.4, 0.5) is 0 Å². The summed E-state index contributed by atoms with van der Waals surface area (Å²) < 4.78 is 28.2. The number of nitrogens with one attached hydrogen (secondary N) is 1. The van der Waals surface area contributed by atoms with E-state index in [4.69, 9.17) is 23.2 Å². The van der Waals surface area contributed by atoms with Crippen molar-refractivity contribution in [2.75, 3.05) is 0 Å². The second-order valence-electron chi connectivity index (χ2n) is 5.16. The molecule has 1 aromatic carbocycles. The molecular formula is C16H12Cl2N4O3S. The highest BCUT2D eigenvalue weighted by atomic mass is 35.5. The van der Waals surface area contributed by atoms with E-state index in [-0.39, 0.29) is 21.5 Å². The van der Waals surface area contributed by atoms with E-state index in [0.29, 0.717) is 11.4 Å². The first-order valence-corrected chi connectivity index (χ1v) is 9.56. The van der Waals surface area contributed by atoms with Crippen LogP contribution in [0, 0.1) is 0 Å². The van der Waals surface area contributed by atoms with Crippen molar-refractivity contribution in [3.63, 3.8) is 0 Å². The minimum absolute atomic E-state index is 0.0466. The normalized spacial score (nSPS) is 11.5. The van der Waals surface area contributed by atoms with E-state index >= 15 is 0 Å². The van der Waals surface area contributed by atoms with Crippen molar-refractivity contribution in [2.45, 2.75) is 11.4 Å². The Hall–Kier alpha value is -2.26. The molecule has 0 spiro atoms. The van der Waals surface area contributed by atoms with Crippen LogP contribution in [0.1, 0.15) is 5.69 Å². The van der Waals surface area contributed by atoms with Crippen molar-refractivity contribution >= 4 is 33.2 Å². The predicted molar refractivity (Wildman–Crippen MR) is 98.1 cm³/mol. The van der Waals surface area contributed by atoms with Gasteiger partial charge in [0.15, 0.2) is 0 Å². The molecule has 0 radical (unpaired) electrons. The molecule has 7 nitrogen and oxygen atoms in total. The van der Waals surface area contributed by atoms with Crippen molar-refractivity contribution < 1.29 is 8.42 Å². The van der Waals surface area contributed by atoms with E-state index in [1.54, 1.807) is 24.4 Å². The highest BCUT2D eigenvalue weighted by Crippen LogP contribution is 2.17. The third kappa shape index (κ3) is 3.94. The number of hydrogen-bond acceptors (Lipinski definition) is 5. The lowest BCUT2D eigenvalue weighted by molar-refractivity contribution is 0.580. The maximum atomic E-state index is 12.4. The molecule has 0 aliphatic carbocycles. The summed E-state index contributed by atoms with van der Waals surface area (Å²) in [5, 5.41) is 3.78. The molecule has 0 amide bonds. The lowest BCUT2D eigenvalue weighted by atomic mass is 10.3. The van der Waals surface area contributed by atoms with E-state index in [0.717, 1.165) is 4.68 Å². The molecule has 3 rings (SSSR count). The Morgan fingerprint density at radius 3 is 2.46 bits per heavy atom. The molecule has 0 saturated carbocycles. The number of rotatable bonds is 5. The van der Waals surface area contributed by atoms with Crippen molar-refractivity contribution in [2.24, 2.45) is 0 Å². The summed E-state index contributed by atoms with van der Waals surface area (Å²) in [5.74, 6) is 0. The average molecular weight is 411 g/mol. The van der Waals surface area contributed by atoms with Gasteiger partial charge in [0.2, 0.25) is 10.0 Å². The molecule has 0 aliphatic rings. The molecule has 0 fully saturated rings. The van der Waals surface area contributed by atoms with Crippen LogP contribution >= 0.6 is 23.2 Å². The first-order chi connectivity index (χ1) is 12.4. The SMILES string of the molecule is O=c1c(Cl)c(Cl)cnn1-c1ccc(S(=O)(=O)NCc2ccccn2)cc1. The molecule has 0 unspecified atom stereocenters. The van der Waals surface area contributed by atoms with Crippen LogP contribution in [0.2, 0.25) is 10.0 Å². The zero-order valence-electron chi connectivity index (χ0n) is 13.1. The summed E-state index contributed by atoms with van der Waals surface area (Å²) in [6.07, 6.45) is 2.82. The van der Waals surface area contributed by atoms with Gasteiger partial charge in [-0.15, -0.1) is 0 Å². The first-order valence-electron chi connectivity index (χ1n) is 7.32. The smallest absolute Gasteiger partial charge is 0.266 e. The Morgan fingerprint density at radius 2 is 1.81 bits per heavy atom. The fourth-order valence-electron chi connectivity index (χ4n) is 2.12. The molecule has 0 aliphatic heterocycles. The van der Waals surface area contributed by atoms with Crippen LogP contribution in [0.5, 0.6) is 0 Å². The highest BCUT2D eigenvalue weighted by molar-refractivity contribution is 7.89. The Morgan fingerprint density at radius 1 is 1.08 bits per heavy atom. The Labute approximate surface area is 159 Å². The maximum Gasteiger partial charge on any atom is 0.291 e. The van der Waals surface area contributed by atoms with Crippen LogP contribution in [0.25, 0.3) is 5.69 Å². The highest BCUT2D eigenvalue weighted by Gasteiger charge is 2.15. The minimum atomic E-state index is -3.73. The quantitative estimate of drug-likeness (QED) is 0.696. The average Bonchev–Trinajstić information content (AvgIpc) is 2.66. The van der Waals surface area contributed by atoms with Gasteiger partial charge in [-0.05, 0) is 36.4 Å². The van der Waals surface area contributed by atoms with Crippen LogP contribution in [-0.4, -0.2) is 23.2 Å². The number of aromatic nitrogens is 3. The van der Waals surface area contributed by atoms with Gasteiger partial charge in [-0.3, -0.25) is 9.78 Å². The molecule has 134 valence electrons. The van der Waals surface area contributed by atoms with Gasteiger partial charge in [0.25, 0.3) is 5.56 Å². The Kier molecular flexibility index (Phi) is 5.38. The monoisotopic (exact) mass is 410 g/mol. The summed E-state index contributed by atoms with van der Waals surface area (Å²) in [5.41, 5.74) is 0.361. The Bertz CT molecular complexity index is 1080. The van der Waals surface area contributed by atoms with Gasteiger partial charge in [-0.2, -0.15) is 9.78 Å². The van der Waals surface area contributed by atoms with Crippen molar-refractivity contribution in [1.82, 2.24) is 19.5 Å². The van der Waals surface area contributed by atoms with Gasteiger partial charge in [-0.25, -0.2) is 13.1 Å². The van der Waals surface area contributed by atoms with Gasteiger partial charge in [0.1, 0.15) is 5.02 Å². The number of nitrogens with zero attached hydrogens (tertiary/aromatic N) is 3. The number of pyridine rings is 1. The molecule has 10 heteroatoms. The second kappa shape index (κ2) is 7.55. The van der Waals surface area contributed by atoms with Gasteiger partial charge in [0, 0.05) is 6.20 Å². The fraction of sp³-hybridized carbons (Fsp3) is 0.0625. The lowest BCUT2D eigenvalue weighted by Gasteiger charge is -2.09. The number of sulfonamides is 1. The maximum absolute atomic E-state index is 12.4. The van der Waals surface area contributed by atoms with Crippen molar-refractivity contribution in [1.29, 1.82) is 0 Å². The van der Waals surface area contributed by atoms with E-state index in [1.807, 2.05) is 0 Å². The molecule has 3 aromatic rings. The summed E-state index contributed by atoms with van der Waals surface area (Å²) in [6, 6.07) is 10.9. The summed E-state index contributed by atoms with van der Waals surface area (Å²) in [4.78, 5) is 16.2. The van der Waals surface area contributed by atoms with Gasteiger partial charge < -0.3 is 0 Å². The van der Waals surface area contributed by atoms with Gasteiger partial charge in [0.05, 0.1) is 34.0 Å². The van der Waals surface area contributed by atoms with Crippen molar-refractivity contribution in [3.05, 3.63) is 81.0 Å². The zero-order chi connectivity index (χ0) is 18.7.